The minimum atomic E-state index is 0.426. The van der Waals surface area contributed by atoms with Crippen LogP contribution in [0.5, 0.6) is 0 Å². The van der Waals surface area contributed by atoms with Crippen molar-refractivity contribution >= 4 is 23.2 Å². The second-order valence-corrected chi connectivity index (χ2v) is 4.66. The molecule has 0 unspecified atom stereocenters. The summed E-state index contributed by atoms with van der Waals surface area (Å²) in [6, 6.07) is 9.29. The highest BCUT2D eigenvalue weighted by Crippen LogP contribution is 2.14. The zero-order chi connectivity index (χ0) is 13.0. The van der Waals surface area contributed by atoms with Gasteiger partial charge in [0.25, 0.3) is 0 Å². The van der Waals surface area contributed by atoms with Crippen LogP contribution in [0.2, 0.25) is 10.2 Å². The third kappa shape index (κ3) is 3.67. The predicted octanol–water partition coefficient (Wildman–Crippen LogP) is 3.52. The molecule has 3 nitrogen and oxygen atoms in total. The molecule has 94 valence electrons. The first kappa shape index (κ1) is 13.3. The average Bonchev–Trinajstić information content (AvgIpc) is 2.32. The van der Waals surface area contributed by atoms with Crippen molar-refractivity contribution in [2.24, 2.45) is 0 Å². The molecule has 0 bridgehead atoms. The van der Waals surface area contributed by atoms with Crippen LogP contribution in [0.15, 0.2) is 30.3 Å². The monoisotopic (exact) mass is 282 g/mol. The first-order valence-electron chi connectivity index (χ1n) is 5.43. The van der Waals surface area contributed by atoms with Crippen LogP contribution < -0.4 is 0 Å². The van der Waals surface area contributed by atoms with Gasteiger partial charge in [-0.15, -0.1) is 0 Å². The summed E-state index contributed by atoms with van der Waals surface area (Å²) >= 11 is 11.8. The summed E-state index contributed by atoms with van der Waals surface area (Å²) in [4.78, 5) is 8.59. The third-order valence-corrected chi connectivity index (χ3v) is 2.81. The number of rotatable bonds is 4. The molecular weight excluding hydrogens is 271 g/mol. The molecule has 0 saturated heterocycles. The van der Waals surface area contributed by atoms with Crippen molar-refractivity contribution in [1.29, 1.82) is 0 Å². The lowest BCUT2D eigenvalue weighted by Crippen LogP contribution is -2.02. The van der Waals surface area contributed by atoms with E-state index in [0.717, 1.165) is 11.3 Å². The molecule has 0 saturated carbocycles. The minimum Gasteiger partial charge on any atom is -0.378 e. The summed E-state index contributed by atoms with van der Waals surface area (Å²) in [7, 11) is 1.62. The van der Waals surface area contributed by atoms with Gasteiger partial charge in [0.1, 0.15) is 11.0 Å². The van der Waals surface area contributed by atoms with Gasteiger partial charge in [0, 0.05) is 18.6 Å². The molecule has 5 heteroatoms. The van der Waals surface area contributed by atoms with Crippen LogP contribution in [0.4, 0.5) is 0 Å². The van der Waals surface area contributed by atoms with Crippen molar-refractivity contribution < 1.29 is 4.74 Å². The maximum atomic E-state index is 5.95. The van der Waals surface area contributed by atoms with Gasteiger partial charge in [-0.3, -0.25) is 0 Å². The largest absolute Gasteiger partial charge is 0.378 e. The van der Waals surface area contributed by atoms with E-state index in [2.05, 4.69) is 9.97 Å². The van der Waals surface area contributed by atoms with E-state index in [1.807, 2.05) is 24.3 Å². The summed E-state index contributed by atoms with van der Waals surface area (Å²) in [6.07, 6.45) is 0.619. The highest BCUT2D eigenvalue weighted by atomic mass is 35.5. The molecule has 0 aliphatic carbocycles. The van der Waals surface area contributed by atoms with E-state index in [1.165, 1.54) is 0 Å². The molecule has 0 N–H and O–H groups in total. The normalized spacial score (nSPS) is 10.6. The Morgan fingerprint density at radius 3 is 2.50 bits per heavy atom. The standard InChI is InChI=1S/C13H12Cl2N2O/c1-18-8-11-7-12(15)17-13(16-11)6-9-2-4-10(14)5-3-9/h2-5,7H,6,8H2,1H3. The summed E-state index contributed by atoms with van der Waals surface area (Å²) in [6.45, 7) is 0.426. The molecule has 0 radical (unpaired) electrons. The van der Waals surface area contributed by atoms with Gasteiger partial charge in [0.15, 0.2) is 0 Å². The predicted molar refractivity (Wildman–Crippen MR) is 72.0 cm³/mol. The van der Waals surface area contributed by atoms with E-state index in [0.29, 0.717) is 29.0 Å². The lowest BCUT2D eigenvalue weighted by Gasteiger charge is -2.05. The van der Waals surface area contributed by atoms with Crippen LogP contribution >= 0.6 is 23.2 Å². The molecule has 2 rings (SSSR count). The fourth-order valence-corrected chi connectivity index (χ4v) is 1.95. The van der Waals surface area contributed by atoms with E-state index in [1.54, 1.807) is 13.2 Å². The Bertz CT molecular complexity index is 529. The van der Waals surface area contributed by atoms with Gasteiger partial charge in [-0.05, 0) is 23.8 Å². The van der Waals surface area contributed by atoms with Crippen LogP contribution in [0.3, 0.4) is 0 Å². The van der Waals surface area contributed by atoms with Crippen LogP contribution in [0.25, 0.3) is 0 Å². The SMILES string of the molecule is COCc1cc(Cl)nc(Cc2ccc(Cl)cc2)n1. The van der Waals surface area contributed by atoms with Crippen LogP contribution in [-0.4, -0.2) is 17.1 Å². The molecule has 0 fully saturated rings. The van der Waals surface area contributed by atoms with Crippen LogP contribution in [-0.2, 0) is 17.8 Å². The van der Waals surface area contributed by atoms with Gasteiger partial charge >= 0.3 is 0 Å². The zero-order valence-corrected chi connectivity index (χ0v) is 11.4. The first-order chi connectivity index (χ1) is 8.67. The van der Waals surface area contributed by atoms with Crippen molar-refractivity contribution in [2.75, 3.05) is 7.11 Å². The van der Waals surface area contributed by atoms with Crippen LogP contribution in [0, 0.1) is 0 Å². The number of ether oxygens (including phenoxy) is 1. The van der Waals surface area contributed by atoms with Gasteiger partial charge in [-0.1, -0.05) is 35.3 Å². The molecule has 0 spiro atoms. The molecule has 1 aromatic carbocycles. The number of hydrogen-bond donors (Lipinski definition) is 0. The highest BCUT2D eigenvalue weighted by molar-refractivity contribution is 6.30. The Morgan fingerprint density at radius 1 is 1.11 bits per heavy atom. The van der Waals surface area contributed by atoms with Crippen LogP contribution in [0.1, 0.15) is 17.1 Å². The number of methoxy groups -OCH3 is 1. The van der Waals surface area contributed by atoms with Crippen molar-refractivity contribution in [3.8, 4) is 0 Å². The topological polar surface area (TPSA) is 35.0 Å². The summed E-state index contributed by atoms with van der Waals surface area (Å²) in [5, 5.41) is 1.15. The molecule has 0 aliphatic heterocycles. The fourth-order valence-electron chi connectivity index (χ4n) is 1.60. The van der Waals surface area contributed by atoms with Gasteiger partial charge in [0.2, 0.25) is 0 Å². The lowest BCUT2D eigenvalue weighted by molar-refractivity contribution is 0.181. The number of benzene rings is 1. The fraction of sp³-hybridized carbons (Fsp3) is 0.231. The number of nitrogens with zero attached hydrogens (tertiary/aromatic N) is 2. The Balaban J connectivity index is 2.20. The first-order valence-corrected chi connectivity index (χ1v) is 6.18. The van der Waals surface area contributed by atoms with E-state index in [4.69, 9.17) is 27.9 Å². The van der Waals surface area contributed by atoms with Gasteiger partial charge < -0.3 is 4.74 Å². The molecule has 0 atom stereocenters. The van der Waals surface area contributed by atoms with Gasteiger partial charge in [0.05, 0.1) is 12.3 Å². The van der Waals surface area contributed by atoms with Crippen molar-refractivity contribution in [3.05, 3.63) is 57.6 Å². The van der Waals surface area contributed by atoms with Crippen molar-refractivity contribution in [3.63, 3.8) is 0 Å². The third-order valence-electron chi connectivity index (χ3n) is 2.36. The molecular formula is C13H12Cl2N2O. The molecule has 0 aliphatic rings. The molecule has 1 heterocycles. The molecule has 0 amide bonds. The smallest absolute Gasteiger partial charge is 0.134 e. The average molecular weight is 283 g/mol. The quantitative estimate of drug-likeness (QED) is 0.805. The Hall–Kier alpha value is -1.16. The highest BCUT2D eigenvalue weighted by Gasteiger charge is 2.04. The second-order valence-electron chi connectivity index (χ2n) is 3.83. The molecule has 2 aromatic rings. The van der Waals surface area contributed by atoms with Crippen molar-refractivity contribution in [1.82, 2.24) is 9.97 Å². The molecule has 18 heavy (non-hydrogen) atoms. The van der Waals surface area contributed by atoms with E-state index >= 15 is 0 Å². The lowest BCUT2D eigenvalue weighted by atomic mass is 10.1. The van der Waals surface area contributed by atoms with E-state index < -0.39 is 0 Å². The summed E-state index contributed by atoms with van der Waals surface area (Å²) in [5.74, 6) is 0.678. The number of aromatic nitrogens is 2. The van der Waals surface area contributed by atoms with Gasteiger partial charge in [-0.25, -0.2) is 9.97 Å². The molecule has 1 aromatic heterocycles. The summed E-state index contributed by atoms with van der Waals surface area (Å²) in [5.41, 5.74) is 1.87. The number of hydrogen-bond acceptors (Lipinski definition) is 3. The Kier molecular flexibility index (Phi) is 4.53. The van der Waals surface area contributed by atoms with E-state index in [9.17, 15) is 0 Å². The maximum Gasteiger partial charge on any atom is 0.134 e. The second kappa shape index (κ2) is 6.14. The maximum absolute atomic E-state index is 5.95. The van der Waals surface area contributed by atoms with E-state index in [-0.39, 0.29) is 0 Å². The van der Waals surface area contributed by atoms with Crippen molar-refractivity contribution in [2.45, 2.75) is 13.0 Å². The summed E-state index contributed by atoms with van der Waals surface area (Å²) < 4.78 is 5.04. The van der Waals surface area contributed by atoms with Gasteiger partial charge in [-0.2, -0.15) is 0 Å². The zero-order valence-electron chi connectivity index (χ0n) is 9.86. The Labute approximate surface area is 116 Å². The minimum absolute atomic E-state index is 0.426. The Morgan fingerprint density at radius 2 is 1.83 bits per heavy atom. The number of halogens is 2.